The van der Waals surface area contributed by atoms with Crippen molar-refractivity contribution >= 4 is 17.8 Å². The molecule has 2 saturated heterocycles. The zero-order chi connectivity index (χ0) is 17.4. The number of likely N-dealkylation sites (tertiary alicyclic amines) is 2. The highest BCUT2D eigenvalue weighted by Gasteiger charge is 2.34. The number of amides is 2. The largest absolute Gasteiger partial charge is 0.464 e. The van der Waals surface area contributed by atoms with Crippen molar-refractivity contribution in [3.63, 3.8) is 0 Å². The molecule has 0 bridgehead atoms. The second-order valence-electron chi connectivity index (χ2n) is 6.71. The highest BCUT2D eigenvalue weighted by atomic mass is 16.5. The maximum absolute atomic E-state index is 12.4. The van der Waals surface area contributed by atoms with Gasteiger partial charge in [0.25, 0.3) is 0 Å². The summed E-state index contributed by atoms with van der Waals surface area (Å²) in [6, 6.07) is -0.407. The third-order valence-corrected chi connectivity index (χ3v) is 4.78. The number of carbonyl (C=O) groups is 3. The number of nitrogens with zero attached hydrogens (tertiary/aromatic N) is 2. The summed E-state index contributed by atoms with van der Waals surface area (Å²) in [5.74, 6) is -0.0476. The number of hydrogen-bond donors (Lipinski definition) is 0. The van der Waals surface area contributed by atoms with Gasteiger partial charge in [0.05, 0.1) is 6.61 Å². The molecular weight excluding hydrogens is 308 g/mol. The lowest BCUT2D eigenvalue weighted by atomic mass is 10.1. The predicted octanol–water partition coefficient (Wildman–Crippen LogP) is 2.11. The molecule has 2 aliphatic rings. The first-order chi connectivity index (χ1) is 11.6. The zero-order valence-electron chi connectivity index (χ0n) is 14.8. The summed E-state index contributed by atoms with van der Waals surface area (Å²) in [6.07, 6.45) is 6.92. The molecule has 6 nitrogen and oxygen atoms in total. The quantitative estimate of drug-likeness (QED) is 0.502. The molecule has 1 atom stereocenters. The number of hydrogen-bond acceptors (Lipinski definition) is 4. The number of carbonyl (C=O) groups excluding carboxylic acids is 3. The minimum absolute atomic E-state index is 0.0135. The Kier molecular flexibility index (Phi) is 7.53. The van der Waals surface area contributed by atoms with E-state index in [0.29, 0.717) is 38.8 Å². The van der Waals surface area contributed by atoms with E-state index < -0.39 is 6.04 Å². The van der Waals surface area contributed by atoms with Crippen LogP contribution in [0.25, 0.3) is 0 Å². The van der Waals surface area contributed by atoms with E-state index in [0.717, 1.165) is 45.2 Å². The Labute approximate surface area is 144 Å². The van der Waals surface area contributed by atoms with E-state index in [9.17, 15) is 14.4 Å². The van der Waals surface area contributed by atoms with Crippen molar-refractivity contribution in [1.82, 2.24) is 9.80 Å². The van der Waals surface area contributed by atoms with Crippen molar-refractivity contribution < 1.29 is 19.1 Å². The topological polar surface area (TPSA) is 66.9 Å². The molecule has 24 heavy (non-hydrogen) atoms. The number of unbranched alkanes of at least 4 members (excludes halogenated alkanes) is 1. The molecule has 0 N–H and O–H groups in total. The van der Waals surface area contributed by atoms with Crippen molar-refractivity contribution in [2.24, 2.45) is 0 Å². The standard InChI is InChI=1S/C18H30N2O4/c1-2-14-24-18(23)15-8-7-13-20(15)17(22)10-4-3-9-16(21)19-11-5-6-12-19/h15H,2-14H2,1H3. The molecule has 1 unspecified atom stereocenters. The van der Waals surface area contributed by atoms with Crippen LogP contribution in [0.5, 0.6) is 0 Å². The highest BCUT2D eigenvalue weighted by Crippen LogP contribution is 2.20. The molecule has 136 valence electrons. The van der Waals surface area contributed by atoms with Crippen molar-refractivity contribution in [3.05, 3.63) is 0 Å². The fourth-order valence-electron chi connectivity index (χ4n) is 3.43. The third-order valence-electron chi connectivity index (χ3n) is 4.78. The van der Waals surface area contributed by atoms with E-state index >= 15 is 0 Å². The van der Waals surface area contributed by atoms with Gasteiger partial charge >= 0.3 is 5.97 Å². The lowest BCUT2D eigenvalue weighted by molar-refractivity contribution is -0.153. The smallest absolute Gasteiger partial charge is 0.328 e. The van der Waals surface area contributed by atoms with Crippen LogP contribution in [0.4, 0.5) is 0 Å². The van der Waals surface area contributed by atoms with Crippen LogP contribution in [0.3, 0.4) is 0 Å². The minimum atomic E-state index is -0.407. The molecule has 0 spiro atoms. The molecule has 0 radical (unpaired) electrons. The summed E-state index contributed by atoms with van der Waals surface area (Å²) in [7, 11) is 0. The molecule has 0 aromatic heterocycles. The molecule has 2 heterocycles. The van der Waals surface area contributed by atoms with E-state index in [1.165, 1.54) is 0 Å². The number of rotatable bonds is 8. The first kappa shape index (κ1) is 18.7. The monoisotopic (exact) mass is 338 g/mol. The number of ether oxygens (including phenoxy) is 1. The second-order valence-corrected chi connectivity index (χ2v) is 6.71. The third kappa shape index (κ3) is 5.21. The Morgan fingerprint density at radius 3 is 2.29 bits per heavy atom. The molecule has 0 aliphatic carbocycles. The van der Waals surface area contributed by atoms with Crippen LogP contribution >= 0.6 is 0 Å². The van der Waals surface area contributed by atoms with Crippen LogP contribution < -0.4 is 0 Å². The minimum Gasteiger partial charge on any atom is -0.464 e. The van der Waals surface area contributed by atoms with Gasteiger partial charge in [0.1, 0.15) is 6.04 Å². The van der Waals surface area contributed by atoms with Gasteiger partial charge < -0.3 is 14.5 Å². The van der Waals surface area contributed by atoms with E-state index in [2.05, 4.69) is 0 Å². The van der Waals surface area contributed by atoms with Gasteiger partial charge in [-0.3, -0.25) is 9.59 Å². The lowest BCUT2D eigenvalue weighted by Crippen LogP contribution is -2.41. The Hall–Kier alpha value is -1.59. The van der Waals surface area contributed by atoms with Crippen LogP contribution in [0.15, 0.2) is 0 Å². The van der Waals surface area contributed by atoms with Gasteiger partial charge in [-0.05, 0) is 44.9 Å². The van der Waals surface area contributed by atoms with Crippen LogP contribution in [0.1, 0.15) is 64.7 Å². The average molecular weight is 338 g/mol. The van der Waals surface area contributed by atoms with Crippen molar-refractivity contribution in [2.45, 2.75) is 70.8 Å². The predicted molar refractivity (Wildman–Crippen MR) is 90.3 cm³/mol. The SMILES string of the molecule is CCCOC(=O)C1CCCN1C(=O)CCCCC(=O)N1CCCC1. The Bertz CT molecular complexity index is 446. The first-order valence-corrected chi connectivity index (χ1v) is 9.37. The Morgan fingerprint density at radius 1 is 0.958 bits per heavy atom. The summed E-state index contributed by atoms with van der Waals surface area (Å²) in [4.78, 5) is 39.9. The lowest BCUT2D eigenvalue weighted by Gasteiger charge is -2.23. The fourth-order valence-corrected chi connectivity index (χ4v) is 3.43. The molecule has 2 rings (SSSR count). The van der Waals surface area contributed by atoms with E-state index in [4.69, 9.17) is 4.74 Å². The van der Waals surface area contributed by atoms with E-state index in [1.807, 2.05) is 11.8 Å². The van der Waals surface area contributed by atoms with Gasteiger partial charge in [0.15, 0.2) is 0 Å². The summed E-state index contributed by atoms with van der Waals surface area (Å²) in [5.41, 5.74) is 0. The van der Waals surface area contributed by atoms with Crippen LogP contribution in [-0.2, 0) is 19.1 Å². The van der Waals surface area contributed by atoms with E-state index in [1.54, 1.807) is 4.90 Å². The van der Waals surface area contributed by atoms with E-state index in [-0.39, 0.29) is 17.8 Å². The molecule has 0 saturated carbocycles. The maximum atomic E-state index is 12.4. The summed E-state index contributed by atoms with van der Waals surface area (Å²) in [5, 5.41) is 0. The Morgan fingerprint density at radius 2 is 1.62 bits per heavy atom. The second kappa shape index (κ2) is 9.64. The first-order valence-electron chi connectivity index (χ1n) is 9.37. The van der Waals surface area contributed by atoms with Gasteiger partial charge in [-0.1, -0.05) is 6.92 Å². The van der Waals surface area contributed by atoms with Gasteiger partial charge in [0.2, 0.25) is 11.8 Å². The summed E-state index contributed by atoms with van der Waals surface area (Å²) >= 11 is 0. The van der Waals surface area contributed by atoms with Crippen LogP contribution in [0.2, 0.25) is 0 Å². The van der Waals surface area contributed by atoms with Crippen LogP contribution in [0, 0.1) is 0 Å². The molecule has 0 aromatic rings. The van der Waals surface area contributed by atoms with Crippen molar-refractivity contribution in [3.8, 4) is 0 Å². The summed E-state index contributed by atoms with van der Waals surface area (Å²) < 4.78 is 5.19. The highest BCUT2D eigenvalue weighted by molar-refractivity contribution is 5.85. The van der Waals surface area contributed by atoms with Gasteiger partial charge in [-0.25, -0.2) is 4.79 Å². The maximum Gasteiger partial charge on any atom is 0.328 e. The van der Waals surface area contributed by atoms with Crippen LogP contribution in [-0.4, -0.2) is 59.9 Å². The molecule has 2 fully saturated rings. The normalized spacial score (nSPS) is 20.5. The van der Waals surface area contributed by atoms with Gasteiger partial charge in [-0.15, -0.1) is 0 Å². The van der Waals surface area contributed by atoms with Gasteiger partial charge in [0, 0.05) is 32.5 Å². The summed E-state index contributed by atoms with van der Waals surface area (Å²) in [6.45, 7) is 4.77. The van der Waals surface area contributed by atoms with Crippen molar-refractivity contribution in [1.29, 1.82) is 0 Å². The molecular formula is C18H30N2O4. The van der Waals surface area contributed by atoms with Crippen molar-refractivity contribution in [2.75, 3.05) is 26.2 Å². The molecule has 0 aromatic carbocycles. The molecule has 2 amide bonds. The molecule has 2 aliphatic heterocycles. The fraction of sp³-hybridized carbons (Fsp3) is 0.833. The molecule has 6 heteroatoms. The average Bonchev–Trinajstić information content (AvgIpc) is 3.27. The Balaban J connectivity index is 1.67. The number of esters is 1. The van der Waals surface area contributed by atoms with Gasteiger partial charge in [-0.2, -0.15) is 0 Å². The zero-order valence-corrected chi connectivity index (χ0v) is 14.8.